The van der Waals surface area contributed by atoms with Crippen LogP contribution in [-0.2, 0) is 22.6 Å². The van der Waals surface area contributed by atoms with E-state index in [1.165, 1.54) is 0 Å². The Kier molecular flexibility index (Phi) is 5.71. The lowest BCUT2D eigenvalue weighted by Crippen LogP contribution is -2.40. The first kappa shape index (κ1) is 17.5. The van der Waals surface area contributed by atoms with Crippen molar-refractivity contribution in [3.8, 4) is 0 Å². The number of hydrogen-bond donors (Lipinski definition) is 1. The molecule has 0 aliphatic carbocycles. The van der Waals surface area contributed by atoms with Crippen molar-refractivity contribution in [3.05, 3.63) is 47.2 Å². The minimum absolute atomic E-state index is 0.0461. The van der Waals surface area contributed by atoms with Crippen LogP contribution >= 0.6 is 0 Å². The van der Waals surface area contributed by atoms with E-state index in [0.29, 0.717) is 31.5 Å². The highest BCUT2D eigenvalue weighted by Crippen LogP contribution is 2.32. The van der Waals surface area contributed by atoms with Gasteiger partial charge in [-0.3, -0.25) is 4.79 Å². The largest absolute Gasteiger partial charge is 0.367 e. The molecular formula is C19H25N3O3. The molecule has 2 heterocycles. The first-order valence-electron chi connectivity index (χ1n) is 8.82. The van der Waals surface area contributed by atoms with E-state index >= 15 is 0 Å². The number of nitrogens with two attached hydrogens (primary N) is 1. The molecule has 0 saturated carbocycles. The van der Waals surface area contributed by atoms with Crippen molar-refractivity contribution < 1.29 is 14.1 Å². The zero-order valence-electron chi connectivity index (χ0n) is 14.6. The molecule has 3 rings (SSSR count). The molecule has 1 amide bonds. The number of anilines is 1. The summed E-state index contributed by atoms with van der Waals surface area (Å²) in [5, 5.41) is 4.14. The maximum Gasteiger partial charge on any atom is 0.248 e. The SMILES string of the molecule is CCc1c(C2CCN(C(=O)COCc3ccccc3)CC2)noc1N. The normalized spacial score (nSPS) is 15.5. The monoisotopic (exact) mass is 343 g/mol. The second kappa shape index (κ2) is 8.16. The molecule has 1 fully saturated rings. The number of rotatable bonds is 6. The van der Waals surface area contributed by atoms with Crippen molar-refractivity contribution in [1.29, 1.82) is 0 Å². The molecule has 6 nitrogen and oxygen atoms in total. The Labute approximate surface area is 147 Å². The van der Waals surface area contributed by atoms with Crippen molar-refractivity contribution in [3.63, 3.8) is 0 Å². The smallest absolute Gasteiger partial charge is 0.248 e. The number of amides is 1. The number of piperidine rings is 1. The predicted molar refractivity (Wildman–Crippen MR) is 94.9 cm³/mol. The van der Waals surface area contributed by atoms with Gasteiger partial charge >= 0.3 is 0 Å². The van der Waals surface area contributed by atoms with Crippen molar-refractivity contribution in [2.24, 2.45) is 0 Å². The molecule has 0 unspecified atom stereocenters. The van der Waals surface area contributed by atoms with Crippen LogP contribution in [0.15, 0.2) is 34.9 Å². The summed E-state index contributed by atoms with van der Waals surface area (Å²) in [5.41, 5.74) is 8.88. The van der Waals surface area contributed by atoms with Crippen molar-refractivity contribution in [2.75, 3.05) is 25.4 Å². The standard InChI is InChI=1S/C19H25N3O3/c1-2-16-18(21-25-19(16)20)15-8-10-22(11-9-15)17(23)13-24-12-14-6-4-3-5-7-14/h3-7,15H,2,8-13,20H2,1H3. The lowest BCUT2D eigenvalue weighted by atomic mass is 9.90. The minimum atomic E-state index is 0.0461. The van der Waals surface area contributed by atoms with Crippen LogP contribution < -0.4 is 5.73 Å². The molecule has 2 aromatic rings. The maximum absolute atomic E-state index is 12.3. The lowest BCUT2D eigenvalue weighted by Gasteiger charge is -2.31. The highest BCUT2D eigenvalue weighted by atomic mass is 16.5. The van der Waals surface area contributed by atoms with Crippen LogP contribution in [0.5, 0.6) is 0 Å². The number of benzene rings is 1. The van der Waals surface area contributed by atoms with E-state index < -0.39 is 0 Å². The molecule has 0 spiro atoms. The summed E-state index contributed by atoms with van der Waals surface area (Å²) < 4.78 is 10.7. The average Bonchev–Trinajstić information content (AvgIpc) is 3.03. The Morgan fingerprint density at radius 1 is 1.32 bits per heavy atom. The number of aromatic nitrogens is 1. The summed E-state index contributed by atoms with van der Waals surface area (Å²) >= 11 is 0. The van der Waals surface area contributed by atoms with E-state index in [0.717, 1.165) is 36.1 Å². The van der Waals surface area contributed by atoms with Gasteiger partial charge in [0.25, 0.3) is 0 Å². The summed E-state index contributed by atoms with van der Waals surface area (Å²) in [4.78, 5) is 14.2. The van der Waals surface area contributed by atoms with Crippen LogP contribution in [0, 0.1) is 0 Å². The fourth-order valence-corrected chi connectivity index (χ4v) is 3.34. The first-order valence-corrected chi connectivity index (χ1v) is 8.82. The molecule has 2 N–H and O–H groups in total. The van der Waals surface area contributed by atoms with Crippen LogP contribution in [0.1, 0.15) is 42.5 Å². The van der Waals surface area contributed by atoms with Gasteiger partial charge in [0, 0.05) is 24.6 Å². The highest BCUT2D eigenvalue weighted by molar-refractivity contribution is 5.77. The van der Waals surface area contributed by atoms with Gasteiger partial charge in [-0.15, -0.1) is 0 Å². The zero-order valence-corrected chi connectivity index (χ0v) is 14.6. The molecule has 1 aliphatic heterocycles. The average molecular weight is 343 g/mol. The van der Waals surface area contributed by atoms with Gasteiger partial charge in [0.15, 0.2) is 0 Å². The highest BCUT2D eigenvalue weighted by Gasteiger charge is 2.28. The number of nitrogen functional groups attached to an aromatic ring is 1. The molecule has 0 radical (unpaired) electrons. The van der Waals surface area contributed by atoms with Gasteiger partial charge in [0.1, 0.15) is 6.61 Å². The van der Waals surface area contributed by atoms with Gasteiger partial charge in [-0.05, 0) is 24.8 Å². The number of nitrogens with zero attached hydrogens (tertiary/aromatic N) is 2. The van der Waals surface area contributed by atoms with E-state index in [1.54, 1.807) is 0 Å². The summed E-state index contributed by atoms with van der Waals surface area (Å²) in [6.07, 6.45) is 2.57. The molecule has 1 saturated heterocycles. The number of likely N-dealkylation sites (tertiary alicyclic amines) is 1. The second-order valence-corrected chi connectivity index (χ2v) is 6.40. The molecule has 1 aliphatic rings. The second-order valence-electron chi connectivity index (χ2n) is 6.40. The Morgan fingerprint density at radius 2 is 2.04 bits per heavy atom. The summed E-state index contributed by atoms with van der Waals surface area (Å²) in [7, 11) is 0. The van der Waals surface area contributed by atoms with Gasteiger partial charge in [-0.2, -0.15) is 0 Å². The van der Waals surface area contributed by atoms with Crippen LogP contribution in [0.4, 0.5) is 5.88 Å². The maximum atomic E-state index is 12.3. The van der Waals surface area contributed by atoms with Crippen molar-refractivity contribution >= 4 is 11.8 Å². The van der Waals surface area contributed by atoms with Crippen LogP contribution in [0.2, 0.25) is 0 Å². The molecule has 25 heavy (non-hydrogen) atoms. The van der Waals surface area contributed by atoms with Gasteiger partial charge in [-0.25, -0.2) is 0 Å². The van der Waals surface area contributed by atoms with Gasteiger partial charge < -0.3 is 19.9 Å². The van der Waals surface area contributed by atoms with Gasteiger partial charge in [0.05, 0.1) is 12.3 Å². The summed E-state index contributed by atoms with van der Waals surface area (Å²) in [6.45, 7) is 4.06. The van der Waals surface area contributed by atoms with E-state index in [9.17, 15) is 4.79 Å². The van der Waals surface area contributed by atoms with Gasteiger partial charge in [0.2, 0.25) is 11.8 Å². The number of carbonyl (C=O) groups is 1. The number of hydrogen-bond acceptors (Lipinski definition) is 5. The van der Waals surface area contributed by atoms with E-state index in [-0.39, 0.29) is 12.5 Å². The molecule has 0 bridgehead atoms. The molecule has 6 heteroatoms. The van der Waals surface area contributed by atoms with E-state index in [2.05, 4.69) is 12.1 Å². The first-order chi connectivity index (χ1) is 12.2. The van der Waals surface area contributed by atoms with Crippen LogP contribution in [0.25, 0.3) is 0 Å². The van der Waals surface area contributed by atoms with E-state index in [1.807, 2.05) is 35.2 Å². The zero-order chi connectivity index (χ0) is 17.6. The summed E-state index contributed by atoms with van der Waals surface area (Å²) in [5.74, 6) is 0.778. The molecule has 134 valence electrons. The van der Waals surface area contributed by atoms with Gasteiger partial charge in [-0.1, -0.05) is 42.4 Å². The Morgan fingerprint density at radius 3 is 2.72 bits per heavy atom. The lowest BCUT2D eigenvalue weighted by molar-refractivity contribution is -0.137. The third-order valence-electron chi connectivity index (χ3n) is 4.77. The molecule has 1 aromatic carbocycles. The predicted octanol–water partition coefficient (Wildman–Crippen LogP) is 2.74. The fraction of sp³-hybridized carbons (Fsp3) is 0.474. The number of ether oxygens (including phenoxy) is 1. The molecule has 0 atom stereocenters. The third kappa shape index (κ3) is 4.20. The molecule has 1 aromatic heterocycles. The quantitative estimate of drug-likeness (QED) is 0.872. The Hall–Kier alpha value is -2.34. The number of carbonyl (C=O) groups excluding carboxylic acids is 1. The van der Waals surface area contributed by atoms with Crippen LogP contribution in [0.3, 0.4) is 0 Å². The Balaban J connectivity index is 1.46. The molecular weight excluding hydrogens is 318 g/mol. The Bertz CT molecular complexity index is 691. The van der Waals surface area contributed by atoms with E-state index in [4.69, 9.17) is 15.0 Å². The van der Waals surface area contributed by atoms with Crippen LogP contribution in [-0.4, -0.2) is 35.7 Å². The summed E-state index contributed by atoms with van der Waals surface area (Å²) in [6, 6.07) is 9.88. The topological polar surface area (TPSA) is 81.6 Å². The fourth-order valence-electron chi connectivity index (χ4n) is 3.34. The third-order valence-corrected chi connectivity index (χ3v) is 4.77. The minimum Gasteiger partial charge on any atom is -0.367 e. The van der Waals surface area contributed by atoms with Crippen molar-refractivity contribution in [1.82, 2.24) is 10.1 Å². The van der Waals surface area contributed by atoms with Crippen molar-refractivity contribution in [2.45, 2.75) is 38.7 Å².